The van der Waals surface area contributed by atoms with Crippen molar-refractivity contribution >= 4 is 0 Å². The quantitative estimate of drug-likeness (QED) is 0.753. The molecule has 2 atom stereocenters. The first kappa shape index (κ1) is 13.3. The van der Waals surface area contributed by atoms with Gasteiger partial charge in [0.2, 0.25) is 0 Å². The molecule has 3 heteroatoms. The molecule has 0 radical (unpaired) electrons. The molecule has 0 amide bonds. The van der Waals surface area contributed by atoms with Crippen LogP contribution in [0.5, 0.6) is 0 Å². The van der Waals surface area contributed by atoms with Gasteiger partial charge >= 0.3 is 0 Å². The molecule has 2 rings (SSSR count). The molecule has 2 heterocycles. The van der Waals surface area contributed by atoms with E-state index in [4.69, 9.17) is 0 Å². The van der Waals surface area contributed by atoms with E-state index >= 15 is 0 Å². The van der Waals surface area contributed by atoms with Gasteiger partial charge in [-0.15, -0.1) is 0 Å². The molecule has 0 aliphatic carbocycles. The van der Waals surface area contributed by atoms with E-state index in [1.54, 1.807) is 0 Å². The summed E-state index contributed by atoms with van der Waals surface area (Å²) in [7, 11) is 4.54. The zero-order valence-electron chi connectivity index (χ0n) is 11.6. The fourth-order valence-corrected chi connectivity index (χ4v) is 3.14. The molecule has 3 nitrogen and oxygen atoms in total. The highest BCUT2D eigenvalue weighted by Gasteiger charge is 2.20. The van der Waals surface area contributed by atoms with Gasteiger partial charge in [0.1, 0.15) is 0 Å². The van der Waals surface area contributed by atoms with Crippen molar-refractivity contribution in [2.24, 2.45) is 11.8 Å². The fraction of sp³-hybridized carbons (Fsp3) is 1.00. The molecule has 2 unspecified atom stereocenters. The van der Waals surface area contributed by atoms with E-state index in [-0.39, 0.29) is 0 Å². The molecule has 0 bridgehead atoms. The van der Waals surface area contributed by atoms with E-state index < -0.39 is 0 Å². The van der Waals surface area contributed by atoms with Gasteiger partial charge in [0.25, 0.3) is 0 Å². The van der Waals surface area contributed by atoms with Crippen molar-refractivity contribution in [2.45, 2.75) is 25.7 Å². The Morgan fingerprint density at radius 2 is 1.94 bits per heavy atom. The van der Waals surface area contributed by atoms with Gasteiger partial charge in [0.05, 0.1) is 0 Å². The first-order valence-corrected chi connectivity index (χ1v) is 7.32. The Morgan fingerprint density at radius 3 is 2.53 bits per heavy atom. The van der Waals surface area contributed by atoms with E-state index in [0.29, 0.717) is 0 Å². The molecule has 0 aromatic heterocycles. The van der Waals surface area contributed by atoms with Crippen molar-refractivity contribution in [1.29, 1.82) is 0 Å². The number of likely N-dealkylation sites (tertiary alicyclic amines) is 1. The highest BCUT2D eigenvalue weighted by Crippen LogP contribution is 2.18. The van der Waals surface area contributed by atoms with Crippen LogP contribution < -0.4 is 5.32 Å². The lowest BCUT2D eigenvalue weighted by Crippen LogP contribution is -2.25. The lowest BCUT2D eigenvalue weighted by atomic mass is 10.0. The van der Waals surface area contributed by atoms with Crippen LogP contribution >= 0.6 is 0 Å². The molecule has 2 fully saturated rings. The summed E-state index contributed by atoms with van der Waals surface area (Å²) in [5.74, 6) is 1.89. The molecule has 0 aromatic carbocycles. The van der Waals surface area contributed by atoms with Crippen LogP contribution in [0, 0.1) is 11.8 Å². The Balaban J connectivity index is 1.52. The molecule has 2 aliphatic heterocycles. The maximum atomic E-state index is 3.45. The Morgan fingerprint density at radius 1 is 1.18 bits per heavy atom. The van der Waals surface area contributed by atoms with Crippen molar-refractivity contribution in [2.75, 3.05) is 53.4 Å². The number of nitrogens with one attached hydrogen (secondary N) is 1. The predicted molar refractivity (Wildman–Crippen MR) is 73.3 cm³/mol. The normalized spacial score (nSPS) is 30.5. The minimum absolute atomic E-state index is 0.940. The van der Waals surface area contributed by atoms with Crippen LogP contribution in [0.25, 0.3) is 0 Å². The van der Waals surface area contributed by atoms with Gasteiger partial charge in [-0.05, 0) is 84.3 Å². The second kappa shape index (κ2) is 6.72. The predicted octanol–water partition coefficient (Wildman–Crippen LogP) is 1.26. The Bertz CT molecular complexity index is 214. The van der Waals surface area contributed by atoms with E-state index in [1.807, 2.05) is 0 Å². The third-order valence-corrected chi connectivity index (χ3v) is 4.49. The first-order chi connectivity index (χ1) is 8.24. The maximum Gasteiger partial charge on any atom is 0.000756 e. The molecule has 0 aromatic rings. The zero-order valence-corrected chi connectivity index (χ0v) is 11.6. The summed E-state index contributed by atoms with van der Waals surface area (Å²) < 4.78 is 0. The maximum absolute atomic E-state index is 3.45. The summed E-state index contributed by atoms with van der Waals surface area (Å²) in [6.07, 6.45) is 5.58. The Labute approximate surface area is 107 Å². The van der Waals surface area contributed by atoms with Gasteiger partial charge < -0.3 is 15.1 Å². The highest BCUT2D eigenvalue weighted by atomic mass is 15.1. The zero-order chi connectivity index (χ0) is 12.1. The summed E-state index contributed by atoms with van der Waals surface area (Å²) >= 11 is 0. The molecular formula is C14H29N3. The van der Waals surface area contributed by atoms with Crippen LogP contribution in [-0.4, -0.2) is 63.2 Å². The van der Waals surface area contributed by atoms with E-state index in [1.165, 1.54) is 65.0 Å². The number of hydrogen-bond donors (Lipinski definition) is 1. The Kier molecular flexibility index (Phi) is 5.26. The van der Waals surface area contributed by atoms with Gasteiger partial charge in [-0.2, -0.15) is 0 Å². The van der Waals surface area contributed by atoms with Crippen molar-refractivity contribution < 1.29 is 0 Å². The molecule has 2 aliphatic rings. The van der Waals surface area contributed by atoms with E-state index in [0.717, 1.165) is 11.8 Å². The van der Waals surface area contributed by atoms with Gasteiger partial charge in [-0.25, -0.2) is 0 Å². The highest BCUT2D eigenvalue weighted by molar-refractivity contribution is 4.75. The monoisotopic (exact) mass is 239 g/mol. The summed E-state index contributed by atoms with van der Waals surface area (Å²) in [6, 6.07) is 0. The van der Waals surface area contributed by atoms with E-state index in [9.17, 15) is 0 Å². The Hall–Kier alpha value is -0.120. The van der Waals surface area contributed by atoms with E-state index in [2.05, 4.69) is 29.2 Å². The standard InChI is InChI=1S/C14H29N3/c1-16(8-4-13-3-7-15-11-13)9-5-14-6-10-17(2)12-14/h13-15H,3-12H2,1-2H3. The van der Waals surface area contributed by atoms with Crippen LogP contribution in [0.1, 0.15) is 25.7 Å². The minimum Gasteiger partial charge on any atom is -0.316 e. The topological polar surface area (TPSA) is 18.5 Å². The largest absolute Gasteiger partial charge is 0.316 e. The molecule has 17 heavy (non-hydrogen) atoms. The average Bonchev–Trinajstić information content (AvgIpc) is 2.95. The second-order valence-corrected chi connectivity index (χ2v) is 6.16. The summed E-state index contributed by atoms with van der Waals surface area (Å²) in [5, 5.41) is 3.45. The SMILES string of the molecule is CN(CCC1CCNC1)CCC1CCN(C)C1. The van der Waals surface area contributed by atoms with Crippen LogP contribution in [-0.2, 0) is 0 Å². The third-order valence-electron chi connectivity index (χ3n) is 4.49. The third kappa shape index (κ3) is 4.57. The minimum atomic E-state index is 0.940. The molecule has 1 N–H and O–H groups in total. The van der Waals surface area contributed by atoms with Gasteiger partial charge in [-0.1, -0.05) is 0 Å². The smallest absolute Gasteiger partial charge is 0.000756 e. The second-order valence-electron chi connectivity index (χ2n) is 6.16. The molecular weight excluding hydrogens is 210 g/mol. The van der Waals surface area contributed by atoms with Crippen molar-refractivity contribution in [1.82, 2.24) is 15.1 Å². The van der Waals surface area contributed by atoms with Crippen LogP contribution in [0.4, 0.5) is 0 Å². The first-order valence-electron chi connectivity index (χ1n) is 7.32. The van der Waals surface area contributed by atoms with Crippen LogP contribution in [0.15, 0.2) is 0 Å². The lowest BCUT2D eigenvalue weighted by molar-refractivity contribution is 0.278. The van der Waals surface area contributed by atoms with Gasteiger partial charge in [0, 0.05) is 6.54 Å². The lowest BCUT2D eigenvalue weighted by Gasteiger charge is -2.20. The number of rotatable bonds is 6. The summed E-state index contributed by atoms with van der Waals surface area (Å²) in [4.78, 5) is 5.01. The summed E-state index contributed by atoms with van der Waals surface area (Å²) in [5.41, 5.74) is 0. The van der Waals surface area contributed by atoms with Crippen LogP contribution in [0.3, 0.4) is 0 Å². The molecule has 100 valence electrons. The fourth-order valence-electron chi connectivity index (χ4n) is 3.14. The number of hydrogen-bond acceptors (Lipinski definition) is 3. The van der Waals surface area contributed by atoms with Gasteiger partial charge in [-0.3, -0.25) is 0 Å². The number of nitrogens with zero attached hydrogens (tertiary/aromatic N) is 2. The molecule has 2 saturated heterocycles. The van der Waals surface area contributed by atoms with Crippen molar-refractivity contribution in [3.05, 3.63) is 0 Å². The molecule has 0 spiro atoms. The summed E-state index contributed by atoms with van der Waals surface area (Å²) in [6.45, 7) is 7.69. The van der Waals surface area contributed by atoms with Crippen molar-refractivity contribution in [3.8, 4) is 0 Å². The van der Waals surface area contributed by atoms with Crippen molar-refractivity contribution in [3.63, 3.8) is 0 Å². The molecule has 0 saturated carbocycles. The van der Waals surface area contributed by atoms with Crippen LogP contribution in [0.2, 0.25) is 0 Å². The average molecular weight is 239 g/mol. The van der Waals surface area contributed by atoms with Gasteiger partial charge in [0.15, 0.2) is 0 Å².